The van der Waals surface area contributed by atoms with Crippen LogP contribution in [0.15, 0.2) is 30.6 Å². The Morgan fingerprint density at radius 2 is 2.20 bits per heavy atom. The molecule has 3 rings (SSSR count). The van der Waals surface area contributed by atoms with Gasteiger partial charge < -0.3 is 19.8 Å². The van der Waals surface area contributed by atoms with Crippen LogP contribution in [0, 0.1) is 0 Å². The highest BCUT2D eigenvalue weighted by Gasteiger charge is 2.13. The van der Waals surface area contributed by atoms with E-state index in [-0.39, 0.29) is 12.5 Å². The number of hydrogen-bond donors (Lipinski definition) is 2. The molecule has 0 aliphatic heterocycles. The monoisotopic (exact) mass is 360 g/mol. The van der Waals surface area contributed by atoms with Crippen LogP contribution in [0.4, 0.5) is 0 Å². The van der Waals surface area contributed by atoms with E-state index < -0.39 is 0 Å². The number of H-pyrrole nitrogens is 1. The maximum absolute atomic E-state index is 12.3. The maximum Gasteiger partial charge on any atom is 0.270 e. The Morgan fingerprint density at radius 3 is 2.96 bits per heavy atom. The lowest BCUT2D eigenvalue weighted by Crippen LogP contribution is -2.23. The molecule has 2 aromatic heterocycles. The lowest BCUT2D eigenvalue weighted by atomic mass is 10.2. The van der Waals surface area contributed by atoms with Crippen molar-refractivity contribution in [3.8, 4) is 11.5 Å². The van der Waals surface area contributed by atoms with Crippen molar-refractivity contribution >= 4 is 28.7 Å². The van der Waals surface area contributed by atoms with Crippen molar-refractivity contribution in [2.75, 3.05) is 13.7 Å². The van der Waals surface area contributed by atoms with Gasteiger partial charge in [-0.25, -0.2) is 9.97 Å². The van der Waals surface area contributed by atoms with Gasteiger partial charge >= 0.3 is 0 Å². The summed E-state index contributed by atoms with van der Waals surface area (Å²) in [4.78, 5) is 23.5. The highest BCUT2D eigenvalue weighted by molar-refractivity contribution is 6.32. The van der Waals surface area contributed by atoms with Crippen LogP contribution in [0.2, 0.25) is 5.02 Å². The largest absolute Gasteiger partial charge is 0.493 e. The number of aromatic nitrogens is 3. The van der Waals surface area contributed by atoms with Gasteiger partial charge in [-0.05, 0) is 36.8 Å². The molecule has 0 aliphatic carbocycles. The summed E-state index contributed by atoms with van der Waals surface area (Å²) < 4.78 is 10.8. The van der Waals surface area contributed by atoms with E-state index in [1.165, 1.54) is 6.33 Å². The number of rotatable bonds is 6. The first-order valence-electron chi connectivity index (χ1n) is 7.70. The van der Waals surface area contributed by atoms with Gasteiger partial charge in [-0.1, -0.05) is 11.6 Å². The number of nitrogens with zero attached hydrogens (tertiary/aromatic N) is 2. The number of carbonyl (C=O) groups is 1. The smallest absolute Gasteiger partial charge is 0.270 e. The van der Waals surface area contributed by atoms with Crippen molar-refractivity contribution in [3.63, 3.8) is 0 Å². The number of benzene rings is 1. The third-order valence-electron chi connectivity index (χ3n) is 3.55. The van der Waals surface area contributed by atoms with E-state index in [9.17, 15) is 4.79 Å². The predicted molar refractivity (Wildman–Crippen MR) is 94.2 cm³/mol. The summed E-state index contributed by atoms with van der Waals surface area (Å²) in [5.74, 6) is 0.718. The molecule has 0 saturated carbocycles. The van der Waals surface area contributed by atoms with Gasteiger partial charge in [0.1, 0.15) is 5.69 Å². The molecule has 130 valence electrons. The minimum absolute atomic E-state index is 0.279. The zero-order valence-electron chi connectivity index (χ0n) is 13.8. The van der Waals surface area contributed by atoms with Crippen molar-refractivity contribution in [1.29, 1.82) is 0 Å². The third-order valence-corrected chi connectivity index (χ3v) is 3.83. The zero-order chi connectivity index (χ0) is 17.8. The number of fused-ring (bicyclic) bond motifs is 1. The van der Waals surface area contributed by atoms with E-state index in [4.69, 9.17) is 21.1 Å². The summed E-state index contributed by atoms with van der Waals surface area (Å²) in [6.45, 7) is 2.63. The van der Waals surface area contributed by atoms with Crippen LogP contribution < -0.4 is 14.8 Å². The Kier molecular flexibility index (Phi) is 5.04. The fourth-order valence-corrected chi connectivity index (χ4v) is 2.67. The molecule has 8 heteroatoms. The number of aromatic amines is 1. The van der Waals surface area contributed by atoms with E-state index in [0.29, 0.717) is 34.5 Å². The average Bonchev–Trinajstić information content (AvgIpc) is 3.09. The van der Waals surface area contributed by atoms with Crippen LogP contribution >= 0.6 is 11.6 Å². The molecule has 0 fully saturated rings. The molecule has 0 radical (unpaired) electrons. The van der Waals surface area contributed by atoms with Crippen molar-refractivity contribution in [2.45, 2.75) is 13.5 Å². The van der Waals surface area contributed by atoms with Gasteiger partial charge in [-0.3, -0.25) is 4.79 Å². The molecule has 0 unspecified atom stereocenters. The predicted octanol–water partition coefficient (Wildman–Crippen LogP) is 2.95. The molecule has 3 aromatic rings. The zero-order valence-corrected chi connectivity index (χ0v) is 14.6. The minimum Gasteiger partial charge on any atom is -0.493 e. The number of methoxy groups -OCH3 is 1. The molecule has 0 aliphatic rings. The summed E-state index contributed by atoms with van der Waals surface area (Å²) >= 11 is 6.24. The molecule has 0 bridgehead atoms. The fraction of sp³-hybridized carbons (Fsp3) is 0.235. The fourth-order valence-electron chi connectivity index (χ4n) is 2.38. The number of pyridine rings is 1. The van der Waals surface area contributed by atoms with Crippen molar-refractivity contribution in [1.82, 2.24) is 20.3 Å². The highest BCUT2D eigenvalue weighted by atomic mass is 35.5. The van der Waals surface area contributed by atoms with Gasteiger partial charge in [0.05, 0.1) is 30.6 Å². The lowest BCUT2D eigenvalue weighted by Gasteiger charge is -2.13. The topological polar surface area (TPSA) is 89.1 Å². The summed E-state index contributed by atoms with van der Waals surface area (Å²) in [6, 6.07) is 6.92. The van der Waals surface area contributed by atoms with Crippen molar-refractivity contribution in [2.24, 2.45) is 0 Å². The number of hydrogen-bond acceptors (Lipinski definition) is 5. The van der Waals surface area contributed by atoms with Gasteiger partial charge in [-0.15, -0.1) is 0 Å². The average molecular weight is 361 g/mol. The minimum atomic E-state index is -0.297. The van der Waals surface area contributed by atoms with E-state index >= 15 is 0 Å². The lowest BCUT2D eigenvalue weighted by molar-refractivity contribution is 0.0946. The number of amides is 1. The maximum atomic E-state index is 12.3. The highest BCUT2D eigenvalue weighted by Crippen LogP contribution is 2.36. The molecule has 1 aromatic carbocycles. The quantitative estimate of drug-likeness (QED) is 0.705. The first-order valence-corrected chi connectivity index (χ1v) is 8.07. The van der Waals surface area contributed by atoms with Crippen LogP contribution in [-0.2, 0) is 6.54 Å². The third kappa shape index (κ3) is 3.66. The van der Waals surface area contributed by atoms with E-state index in [0.717, 1.165) is 11.1 Å². The van der Waals surface area contributed by atoms with Crippen LogP contribution in [-0.4, -0.2) is 34.6 Å². The Labute approximate surface area is 149 Å². The Balaban J connectivity index is 1.74. The Hall–Kier alpha value is -2.80. The van der Waals surface area contributed by atoms with Crippen LogP contribution in [0.3, 0.4) is 0 Å². The summed E-state index contributed by atoms with van der Waals surface area (Å²) in [6.07, 6.45) is 1.54. The Morgan fingerprint density at radius 1 is 1.36 bits per heavy atom. The number of imidazole rings is 1. The van der Waals surface area contributed by atoms with Crippen LogP contribution in [0.5, 0.6) is 11.5 Å². The van der Waals surface area contributed by atoms with Gasteiger partial charge in [0.2, 0.25) is 0 Å². The van der Waals surface area contributed by atoms with Gasteiger partial charge in [0, 0.05) is 6.54 Å². The van der Waals surface area contributed by atoms with Gasteiger partial charge in [0.25, 0.3) is 5.91 Å². The molecule has 2 N–H and O–H groups in total. The molecule has 7 nitrogen and oxygen atoms in total. The normalized spacial score (nSPS) is 10.7. The molecule has 2 heterocycles. The number of carbonyl (C=O) groups excluding carboxylic acids is 1. The summed E-state index contributed by atoms with van der Waals surface area (Å²) in [7, 11) is 1.54. The first-order chi connectivity index (χ1) is 12.1. The van der Waals surface area contributed by atoms with Crippen LogP contribution in [0.25, 0.3) is 11.2 Å². The number of halogens is 1. The number of nitrogens with one attached hydrogen (secondary N) is 2. The van der Waals surface area contributed by atoms with Crippen molar-refractivity contribution in [3.05, 3.63) is 46.9 Å². The number of ether oxygens (including phenoxy) is 2. The summed E-state index contributed by atoms with van der Waals surface area (Å²) in [5.41, 5.74) is 2.36. The SMILES string of the molecule is CCOc1c(Cl)cc(CNC(=O)c2ccc3[nH]cnc3n2)cc1OC. The van der Waals surface area contributed by atoms with Crippen LogP contribution in [0.1, 0.15) is 23.0 Å². The standard InChI is InChI=1S/C17H17ClN4O3/c1-3-25-15-11(18)6-10(7-14(15)24-2)8-19-17(23)13-5-4-12-16(22-13)21-9-20-12/h4-7,9H,3,8H2,1-2H3,(H,19,23)(H,20,21,22). The molecule has 0 spiro atoms. The first kappa shape index (κ1) is 17.0. The van der Waals surface area contributed by atoms with E-state index in [1.54, 1.807) is 31.4 Å². The second-order valence-corrected chi connectivity index (χ2v) is 5.60. The molecular weight excluding hydrogens is 344 g/mol. The molecule has 1 amide bonds. The van der Waals surface area contributed by atoms with Gasteiger partial charge in [-0.2, -0.15) is 0 Å². The molecule has 25 heavy (non-hydrogen) atoms. The molecular formula is C17H17ClN4O3. The summed E-state index contributed by atoms with van der Waals surface area (Å²) in [5, 5.41) is 3.24. The Bertz CT molecular complexity index is 910. The van der Waals surface area contributed by atoms with E-state index in [2.05, 4.69) is 20.3 Å². The second kappa shape index (κ2) is 7.40. The molecule has 0 atom stereocenters. The van der Waals surface area contributed by atoms with E-state index in [1.807, 2.05) is 6.92 Å². The van der Waals surface area contributed by atoms with Gasteiger partial charge in [0.15, 0.2) is 17.1 Å². The molecule has 0 saturated heterocycles. The second-order valence-electron chi connectivity index (χ2n) is 5.19. The van der Waals surface area contributed by atoms with Crippen molar-refractivity contribution < 1.29 is 14.3 Å².